The van der Waals surface area contributed by atoms with Crippen molar-refractivity contribution in [2.24, 2.45) is 5.92 Å². The van der Waals surface area contributed by atoms with Gasteiger partial charge in [0.15, 0.2) is 5.16 Å². The Kier molecular flexibility index (Phi) is 5.81. The fourth-order valence-corrected chi connectivity index (χ4v) is 4.36. The Morgan fingerprint density at radius 3 is 2.36 bits per heavy atom. The first kappa shape index (κ1) is 18.8. The number of likely N-dealkylation sites (tertiary alicyclic amines) is 1. The van der Waals surface area contributed by atoms with Gasteiger partial charge in [0.05, 0.1) is 11.4 Å². The Bertz CT molecular complexity index is 916. The normalized spacial score (nSPS) is 15.0. The summed E-state index contributed by atoms with van der Waals surface area (Å²) in [5.41, 5.74) is 3.06. The van der Waals surface area contributed by atoms with E-state index in [0.29, 0.717) is 5.75 Å². The van der Waals surface area contributed by atoms with Crippen LogP contribution in [0.5, 0.6) is 0 Å². The summed E-state index contributed by atoms with van der Waals surface area (Å²) in [5.74, 6) is 1.36. The summed E-state index contributed by atoms with van der Waals surface area (Å²) in [5, 5.41) is 0.851. The summed E-state index contributed by atoms with van der Waals surface area (Å²) in [6, 6.07) is 20.3. The summed E-state index contributed by atoms with van der Waals surface area (Å²) in [7, 11) is 0. The van der Waals surface area contributed by atoms with Crippen LogP contribution in [0.2, 0.25) is 0 Å². The molecule has 0 radical (unpaired) electrons. The summed E-state index contributed by atoms with van der Waals surface area (Å²) < 4.78 is 2.08. The second kappa shape index (κ2) is 8.65. The van der Waals surface area contributed by atoms with Crippen molar-refractivity contribution in [2.45, 2.75) is 24.9 Å². The van der Waals surface area contributed by atoms with Crippen molar-refractivity contribution in [3.05, 3.63) is 66.9 Å². The largest absolute Gasteiger partial charge is 0.342 e. The molecule has 0 bridgehead atoms. The molecule has 0 atom stereocenters. The van der Waals surface area contributed by atoms with Gasteiger partial charge in [-0.2, -0.15) is 0 Å². The lowest BCUT2D eigenvalue weighted by molar-refractivity contribution is -0.129. The van der Waals surface area contributed by atoms with Crippen LogP contribution in [0.15, 0.2) is 72.0 Å². The molecule has 2 heterocycles. The average Bonchev–Trinajstić information content (AvgIpc) is 3.18. The van der Waals surface area contributed by atoms with Crippen LogP contribution < -0.4 is 0 Å². The van der Waals surface area contributed by atoms with Crippen LogP contribution in [-0.4, -0.2) is 39.2 Å². The molecule has 0 unspecified atom stereocenters. The summed E-state index contributed by atoms with van der Waals surface area (Å²) in [4.78, 5) is 19.5. The lowest BCUT2D eigenvalue weighted by Crippen LogP contribution is -2.38. The average molecular weight is 392 g/mol. The van der Waals surface area contributed by atoms with Gasteiger partial charge in [-0.25, -0.2) is 4.98 Å². The van der Waals surface area contributed by atoms with Gasteiger partial charge in [0.25, 0.3) is 0 Å². The Labute approximate surface area is 170 Å². The van der Waals surface area contributed by atoms with E-state index >= 15 is 0 Å². The van der Waals surface area contributed by atoms with Crippen LogP contribution >= 0.6 is 11.8 Å². The molecular weight excluding hydrogens is 366 g/mol. The number of nitrogens with zero attached hydrogens (tertiary/aromatic N) is 3. The number of hydrogen-bond donors (Lipinski definition) is 0. The number of carbonyl (C=O) groups is 1. The number of piperidine rings is 1. The Balaban J connectivity index is 1.55. The molecule has 0 aliphatic carbocycles. The number of hydrogen-bond acceptors (Lipinski definition) is 3. The Morgan fingerprint density at radius 1 is 1.04 bits per heavy atom. The van der Waals surface area contributed by atoms with Crippen molar-refractivity contribution in [2.75, 3.05) is 18.8 Å². The maximum atomic E-state index is 12.7. The number of benzene rings is 2. The lowest BCUT2D eigenvalue weighted by Gasteiger charge is -2.30. The van der Waals surface area contributed by atoms with Crippen molar-refractivity contribution in [3.63, 3.8) is 0 Å². The Morgan fingerprint density at radius 2 is 1.68 bits per heavy atom. The topological polar surface area (TPSA) is 38.1 Å². The van der Waals surface area contributed by atoms with Crippen LogP contribution in [0, 0.1) is 5.92 Å². The van der Waals surface area contributed by atoms with Crippen LogP contribution in [0.1, 0.15) is 19.8 Å². The van der Waals surface area contributed by atoms with Crippen LogP contribution in [-0.2, 0) is 4.79 Å². The van der Waals surface area contributed by atoms with E-state index in [1.807, 2.05) is 41.3 Å². The lowest BCUT2D eigenvalue weighted by atomic mass is 9.99. The third-order valence-corrected chi connectivity index (χ3v) is 6.18. The third kappa shape index (κ3) is 4.30. The molecule has 1 fully saturated rings. The molecule has 4 rings (SSSR count). The van der Waals surface area contributed by atoms with E-state index in [1.54, 1.807) is 0 Å². The minimum absolute atomic E-state index is 0.209. The van der Waals surface area contributed by atoms with Crippen LogP contribution in [0.3, 0.4) is 0 Å². The van der Waals surface area contributed by atoms with Gasteiger partial charge in [0, 0.05) is 30.5 Å². The van der Waals surface area contributed by atoms with Gasteiger partial charge in [0.1, 0.15) is 0 Å². The molecule has 0 N–H and O–H groups in total. The van der Waals surface area contributed by atoms with Gasteiger partial charge < -0.3 is 4.90 Å². The zero-order valence-electron chi connectivity index (χ0n) is 16.1. The van der Waals surface area contributed by atoms with Gasteiger partial charge in [0.2, 0.25) is 5.91 Å². The SMILES string of the molecule is CC1CCN(C(=O)CSc2nc(-c3ccccc3)cn2-c2ccccc2)CC1. The number of amides is 1. The maximum absolute atomic E-state index is 12.7. The number of aromatic nitrogens is 2. The molecular formula is C23H25N3OS. The minimum atomic E-state index is 0.209. The van der Waals surface area contributed by atoms with E-state index in [9.17, 15) is 4.79 Å². The highest BCUT2D eigenvalue weighted by molar-refractivity contribution is 7.99. The number of para-hydroxylation sites is 1. The van der Waals surface area contributed by atoms with E-state index < -0.39 is 0 Å². The van der Waals surface area contributed by atoms with E-state index in [-0.39, 0.29) is 5.91 Å². The molecule has 1 aliphatic heterocycles. The zero-order chi connectivity index (χ0) is 19.3. The van der Waals surface area contributed by atoms with Crippen molar-refractivity contribution in [1.82, 2.24) is 14.5 Å². The quantitative estimate of drug-likeness (QED) is 0.581. The zero-order valence-corrected chi connectivity index (χ0v) is 16.9. The second-order valence-corrected chi connectivity index (χ2v) is 8.27. The first-order valence-corrected chi connectivity index (χ1v) is 10.8. The van der Waals surface area contributed by atoms with E-state index in [0.717, 1.165) is 54.0 Å². The Hall–Kier alpha value is -2.53. The molecule has 1 saturated heterocycles. The predicted octanol–water partition coefficient (Wildman–Crippen LogP) is 4.89. The third-order valence-electron chi connectivity index (χ3n) is 5.24. The van der Waals surface area contributed by atoms with Crippen molar-refractivity contribution in [3.8, 4) is 16.9 Å². The minimum Gasteiger partial charge on any atom is -0.342 e. The number of imidazole rings is 1. The standard InChI is InChI=1S/C23H25N3OS/c1-18-12-14-25(15-13-18)22(27)17-28-23-24-21(19-8-4-2-5-9-19)16-26(23)20-10-6-3-7-11-20/h2-11,16,18H,12-15,17H2,1H3. The number of carbonyl (C=O) groups excluding carboxylic acids is 1. The second-order valence-electron chi connectivity index (χ2n) is 7.33. The highest BCUT2D eigenvalue weighted by Gasteiger charge is 2.21. The molecule has 5 heteroatoms. The van der Waals surface area contributed by atoms with Crippen LogP contribution in [0.25, 0.3) is 16.9 Å². The number of thioether (sulfide) groups is 1. The molecule has 2 aromatic carbocycles. The predicted molar refractivity (Wildman–Crippen MR) is 115 cm³/mol. The van der Waals surface area contributed by atoms with E-state index in [4.69, 9.17) is 4.98 Å². The van der Waals surface area contributed by atoms with Crippen molar-refractivity contribution in [1.29, 1.82) is 0 Å². The van der Waals surface area contributed by atoms with Gasteiger partial charge in [-0.1, -0.05) is 67.2 Å². The molecule has 3 aromatic rings. The summed E-state index contributed by atoms with van der Waals surface area (Å²) >= 11 is 1.52. The monoisotopic (exact) mass is 391 g/mol. The summed E-state index contributed by atoms with van der Waals surface area (Å²) in [6.45, 7) is 4.02. The van der Waals surface area contributed by atoms with Gasteiger partial charge in [-0.05, 0) is 30.9 Å². The first-order chi connectivity index (χ1) is 13.7. The van der Waals surface area contributed by atoms with Gasteiger partial charge in [-0.3, -0.25) is 9.36 Å². The molecule has 0 saturated carbocycles. The fraction of sp³-hybridized carbons (Fsp3) is 0.304. The molecule has 28 heavy (non-hydrogen) atoms. The molecule has 1 aliphatic rings. The van der Waals surface area contributed by atoms with Gasteiger partial charge in [-0.15, -0.1) is 0 Å². The maximum Gasteiger partial charge on any atom is 0.233 e. The van der Waals surface area contributed by atoms with Crippen molar-refractivity contribution < 1.29 is 4.79 Å². The van der Waals surface area contributed by atoms with Crippen LogP contribution in [0.4, 0.5) is 0 Å². The van der Waals surface area contributed by atoms with E-state index in [2.05, 4.69) is 42.0 Å². The smallest absolute Gasteiger partial charge is 0.233 e. The fourth-order valence-electron chi connectivity index (χ4n) is 3.46. The molecule has 1 aromatic heterocycles. The molecule has 4 nitrogen and oxygen atoms in total. The van der Waals surface area contributed by atoms with E-state index in [1.165, 1.54) is 11.8 Å². The first-order valence-electron chi connectivity index (χ1n) is 9.81. The van der Waals surface area contributed by atoms with Crippen molar-refractivity contribution >= 4 is 17.7 Å². The summed E-state index contributed by atoms with van der Waals surface area (Å²) in [6.07, 6.45) is 4.26. The highest BCUT2D eigenvalue weighted by atomic mass is 32.2. The molecule has 1 amide bonds. The van der Waals surface area contributed by atoms with Gasteiger partial charge >= 0.3 is 0 Å². The molecule has 144 valence electrons. The molecule has 0 spiro atoms. The highest BCUT2D eigenvalue weighted by Crippen LogP contribution is 2.28. The number of rotatable bonds is 5.